The van der Waals surface area contributed by atoms with Crippen LogP contribution in [0.4, 0.5) is 0 Å². The average Bonchev–Trinajstić information content (AvgIpc) is 2.95. The molecular formula is C12H14ClNO5. The van der Waals surface area contributed by atoms with Gasteiger partial charge in [0, 0.05) is 17.8 Å². The molecule has 0 unspecified atom stereocenters. The van der Waals surface area contributed by atoms with Crippen molar-refractivity contribution in [3.05, 3.63) is 24.1 Å². The van der Waals surface area contributed by atoms with Gasteiger partial charge < -0.3 is 18.9 Å². The molecule has 2 aromatic rings. The highest BCUT2D eigenvalue weighted by Crippen LogP contribution is 2.14. The molecule has 0 radical (unpaired) electrons. The number of esters is 1. The number of H-pyrrole nitrogens is 1. The number of furan rings is 1. The Hall–Kier alpha value is -1.95. The van der Waals surface area contributed by atoms with Gasteiger partial charge in [0.05, 0.1) is 11.8 Å². The number of aryl methyl sites for hydroxylation is 1. The Kier molecular flexibility index (Phi) is 6.52. The standard InChI is InChI=1S/C7H7NO.C5H7ClO4/c1-5-4-7-6(8-5)2-3-9-7;6-3-5(8)10-2-1-9-4-7/h2-4,8H,1H3;4H,1-3H2. The molecule has 0 aromatic carbocycles. The Morgan fingerprint density at radius 3 is 2.95 bits per heavy atom. The Morgan fingerprint density at radius 1 is 1.53 bits per heavy atom. The van der Waals surface area contributed by atoms with Crippen LogP contribution in [0.3, 0.4) is 0 Å². The summed E-state index contributed by atoms with van der Waals surface area (Å²) in [7, 11) is 0. The summed E-state index contributed by atoms with van der Waals surface area (Å²) in [4.78, 5) is 23.0. The van der Waals surface area contributed by atoms with E-state index in [9.17, 15) is 9.59 Å². The lowest BCUT2D eigenvalue weighted by Gasteiger charge is -1.99. The molecule has 0 atom stereocenters. The zero-order valence-electron chi connectivity index (χ0n) is 10.3. The number of hydrogen-bond donors (Lipinski definition) is 1. The minimum Gasteiger partial charge on any atom is -0.464 e. The Balaban J connectivity index is 0.000000190. The molecule has 0 spiro atoms. The van der Waals surface area contributed by atoms with Crippen molar-refractivity contribution in [1.29, 1.82) is 0 Å². The van der Waals surface area contributed by atoms with Crippen LogP contribution in [-0.4, -0.2) is 36.5 Å². The topological polar surface area (TPSA) is 81.5 Å². The van der Waals surface area contributed by atoms with Crippen molar-refractivity contribution >= 4 is 35.1 Å². The van der Waals surface area contributed by atoms with Gasteiger partial charge in [-0.2, -0.15) is 0 Å². The van der Waals surface area contributed by atoms with Crippen LogP contribution in [0, 0.1) is 6.92 Å². The number of carbonyl (C=O) groups is 2. The Labute approximate surface area is 114 Å². The first kappa shape index (κ1) is 15.1. The van der Waals surface area contributed by atoms with Crippen molar-refractivity contribution < 1.29 is 23.5 Å². The lowest BCUT2D eigenvalue weighted by molar-refractivity contribution is -0.144. The summed E-state index contributed by atoms with van der Waals surface area (Å²) in [6, 6.07) is 3.90. The third-order valence-corrected chi connectivity index (χ3v) is 2.23. The molecule has 0 aliphatic heterocycles. The van der Waals surface area contributed by atoms with Crippen LogP contribution in [0.25, 0.3) is 11.1 Å². The van der Waals surface area contributed by atoms with Crippen LogP contribution in [0.15, 0.2) is 22.8 Å². The normalized spacial score (nSPS) is 9.58. The second-order valence-electron chi connectivity index (χ2n) is 3.47. The SMILES string of the molecule is Cc1cc2occc2[nH]1.O=COCCOC(=O)CCl. The fourth-order valence-electron chi connectivity index (χ4n) is 1.27. The van der Waals surface area contributed by atoms with Crippen molar-refractivity contribution in [3.63, 3.8) is 0 Å². The molecule has 7 heteroatoms. The number of fused-ring (bicyclic) bond motifs is 1. The number of nitrogens with one attached hydrogen (secondary N) is 1. The quantitative estimate of drug-likeness (QED) is 0.394. The predicted molar refractivity (Wildman–Crippen MR) is 69.0 cm³/mol. The molecule has 2 rings (SSSR count). The number of aromatic amines is 1. The van der Waals surface area contributed by atoms with Crippen molar-refractivity contribution in [1.82, 2.24) is 4.98 Å². The second-order valence-corrected chi connectivity index (χ2v) is 3.74. The van der Waals surface area contributed by atoms with Crippen LogP contribution in [0.2, 0.25) is 0 Å². The maximum atomic E-state index is 10.3. The van der Waals surface area contributed by atoms with Crippen LogP contribution in [0.1, 0.15) is 5.69 Å². The first-order valence-electron chi connectivity index (χ1n) is 5.47. The summed E-state index contributed by atoms with van der Waals surface area (Å²) in [5.74, 6) is -0.697. The summed E-state index contributed by atoms with van der Waals surface area (Å²) in [5.41, 5.74) is 3.16. The summed E-state index contributed by atoms with van der Waals surface area (Å²) >= 11 is 5.08. The van der Waals surface area contributed by atoms with Crippen molar-refractivity contribution in [2.45, 2.75) is 6.92 Å². The molecule has 0 aliphatic carbocycles. The van der Waals surface area contributed by atoms with Crippen molar-refractivity contribution in [3.8, 4) is 0 Å². The molecule has 0 amide bonds. The number of hydrogen-bond acceptors (Lipinski definition) is 5. The Bertz CT molecular complexity index is 490. The van der Waals surface area contributed by atoms with Gasteiger partial charge in [0.2, 0.25) is 0 Å². The molecule has 0 aliphatic rings. The Morgan fingerprint density at radius 2 is 2.32 bits per heavy atom. The largest absolute Gasteiger partial charge is 0.464 e. The maximum Gasteiger partial charge on any atom is 0.320 e. The van der Waals surface area contributed by atoms with Crippen LogP contribution >= 0.6 is 11.6 Å². The first-order valence-corrected chi connectivity index (χ1v) is 6.00. The van der Waals surface area contributed by atoms with Crippen LogP contribution in [0.5, 0.6) is 0 Å². The lowest BCUT2D eigenvalue weighted by atomic mass is 10.5. The number of halogens is 1. The van der Waals surface area contributed by atoms with Gasteiger partial charge in [-0.15, -0.1) is 11.6 Å². The van der Waals surface area contributed by atoms with E-state index in [1.54, 1.807) is 6.26 Å². The molecule has 0 saturated carbocycles. The average molecular weight is 288 g/mol. The van der Waals surface area contributed by atoms with E-state index in [0.29, 0.717) is 0 Å². The summed E-state index contributed by atoms with van der Waals surface area (Å²) in [6.07, 6.45) is 1.68. The van der Waals surface area contributed by atoms with Gasteiger partial charge in [0.15, 0.2) is 5.58 Å². The number of ether oxygens (including phenoxy) is 2. The summed E-state index contributed by atoms with van der Waals surface area (Å²) < 4.78 is 13.8. The highest BCUT2D eigenvalue weighted by Gasteiger charge is 1.97. The van der Waals surface area contributed by atoms with E-state index < -0.39 is 5.97 Å². The van der Waals surface area contributed by atoms with E-state index in [1.807, 2.05) is 19.1 Å². The number of aromatic nitrogens is 1. The van der Waals surface area contributed by atoms with Crippen LogP contribution in [-0.2, 0) is 19.1 Å². The van der Waals surface area contributed by atoms with E-state index >= 15 is 0 Å². The second kappa shape index (κ2) is 8.20. The fourth-order valence-corrected chi connectivity index (χ4v) is 1.35. The molecule has 0 saturated heterocycles. The highest BCUT2D eigenvalue weighted by molar-refractivity contribution is 6.26. The van der Waals surface area contributed by atoms with Crippen molar-refractivity contribution in [2.75, 3.05) is 19.1 Å². The van der Waals surface area contributed by atoms with Gasteiger partial charge in [-0.25, -0.2) is 0 Å². The smallest absolute Gasteiger partial charge is 0.320 e. The van der Waals surface area contributed by atoms with E-state index in [1.165, 1.54) is 0 Å². The maximum absolute atomic E-state index is 10.3. The zero-order chi connectivity index (χ0) is 14.1. The van der Waals surface area contributed by atoms with E-state index in [-0.39, 0.29) is 25.6 Å². The molecule has 19 heavy (non-hydrogen) atoms. The van der Waals surface area contributed by atoms with E-state index in [2.05, 4.69) is 14.5 Å². The lowest BCUT2D eigenvalue weighted by Crippen LogP contribution is -2.10. The molecular weight excluding hydrogens is 274 g/mol. The molecule has 0 fully saturated rings. The highest BCUT2D eigenvalue weighted by atomic mass is 35.5. The molecule has 2 heterocycles. The first-order chi connectivity index (χ1) is 9.17. The van der Waals surface area contributed by atoms with Gasteiger partial charge in [0.1, 0.15) is 19.1 Å². The third kappa shape index (κ3) is 5.48. The predicted octanol–water partition coefficient (Wildman–Crippen LogP) is 2.01. The zero-order valence-corrected chi connectivity index (χ0v) is 11.1. The molecule has 1 N–H and O–H groups in total. The summed E-state index contributed by atoms with van der Waals surface area (Å²) in [6.45, 7) is 2.43. The van der Waals surface area contributed by atoms with Crippen molar-refractivity contribution in [2.24, 2.45) is 0 Å². The van der Waals surface area contributed by atoms with E-state index in [4.69, 9.17) is 16.0 Å². The molecule has 2 aromatic heterocycles. The fraction of sp³-hybridized carbons (Fsp3) is 0.333. The molecule has 104 valence electrons. The third-order valence-electron chi connectivity index (χ3n) is 2.02. The number of rotatable bonds is 5. The number of alkyl halides is 1. The van der Waals surface area contributed by atoms with E-state index in [0.717, 1.165) is 16.8 Å². The van der Waals surface area contributed by atoms with Crippen LogP contribution < -0.4 is 0 Å². The number of carbonyl (C=O) groups excluding carboxylic acids is 2. The van der Waals surface area contributed by atoms with Gasteiger partial charge in [0.25, 0.3) is 6.47 Å². The van der Waals surface area contributed by atoms with Gasteiger partial charge >= 0.3 is 5.97 Å². The molecule has 0 bridgehead atoms. The summed E-state index contributed by atoms with van der Waals surface area (Å²) in [5, 5.41) is 0. The monoisotopic (exact) mass is 287 g/mol. The minimum absolute atomic E-state index is 0.0598. The van der Waals surface area contributed by atoms with Gasteiger partial charge in [-0.1, -0.05) is 0 Å². The van der Waals surface area contributed by atoms with Gasteiger partial charge in [-0.05, 0) is 6.92 Å². The molecule has 6 nitrogen and oxygen atoms in total. The van der Waals surface area contributed by atoms with Gasteiger partial charge in [-0.3, -0.25) is 9.59 Å². The minimum atomic E-state index is -0.517.